The lowest BCUT2D eigenvalue weighted by molar-refractivity contribution is -0.274. The summed E-state index contributed by atoms with van der Waals surface area (Å²) in [5.74, 6) is -0.162. The second-order valence-corrected chi connectivity index (χ2v) is 12.6. The molecule has 0 saturated carbocycles. The van der Waals surface area contributed by atoms with E-state index < -0.39 is 18.0 Å². The van der Waals surface area contributed by atoms with Crippen LogP contribution in [0.3, 0.4) is 0 Å². The highest BCUT2D eigenvalue weighted by atomic mass is 19.4. The average Bonchev–Trinajstić information content (AvgIpc) is 3.03. The summed E-state index contributed by atoms with van der Waals surface area (Å²) < 4.78 is 41.2. The lowest BCUT2D eigenvalue weighted by Gasteiger charge is -2.39. The number of piperidine rings is 1. The SMILES string of the molecule is CCCCCc1ccc(C(=O)N(Cc2ccc(NC(=O)c3ccc(OC(F)(F)F)cc3)cc2)C2CCN(CCC(C)C)CC2)cc1. The van der Waals surface area contributed by atoms with Gasteiger partial charge in [0.05, 0.1) is 0 Å². The summed E-state index contributed by atoms with van der Waals surface area (Å²) in [5.41, 5.74) is 3.62. The van der Waals surface area contributed by atoms with Crippen LogP contribution in [0, 0.1) is 5.92 Å². The first-order valence-electron chi connectivity index (χ1n) is 16.4. The molecule has 1 aliphatic rings. The van der Waals surface area contributed by atoms with Crippen molar-refractivity contribution in [3.8, 4) is 5.75 Å². The molecule has 0 atom stereocenters. The highest BCUT2D eigenvalue weighted by Crippen LogP contribution is 2.25. The number of benzene rings is 3. The third-order valence-corrected chi connectivity index (χ3v) is 8.47. The molecule has 3 aromatic carbocycles. The minimum Gasteiger partial charge on any atom is -0.406 e. The molecule has 248 valence electrons. The van der Waals surface area contributed by atoms with Gasteiger partial charge in [0.15, 0.2) is 0 Å². The van der Waals surface area contributed by atoms with Gasteiger partial charge in [-0.3, -0.25) is 9.59 Å². The molecule has 1 aliphatic heterocycles. The number of likely N-dealkylation sites (tertiary alicyclic amines) is 1. The third-order valence-electron chi connectivity index (χ3n) is 8.47. The van der Waals surface area contributed by atoms with Crippen molar-refractivity contribution < 1.29 is 27.5 Å². The van der Waals surface area contributed by atoms with Crippen LogP contribution in [0.1, 0.15) is 91.1 Å². The zero-order valence-electron chi connectivity index (χ0n) is 27.1. The fourth-order valence-electron chi connectivity index (χ4n) is 5.72. The molecular weight excluding hydrogens is 591 g/mol. The van der Waals surface area contributed by atoms with E-state index in [9.17, 15) is 22.8 Å². The molecule has 3 aromatic rings. The molecule has 1 saturated heterocycles. The van der Waals surface area contributed by atoms with Crippen molar-refractivity contribution in [3.63, 3.8) is 0 Å². The highest BCUT2D eigenvalue weighted by molar-refractivity contribution is 6.04. The molecule has 9 heteroatoms. The summed E-state index contributed by atoms with van der Waals surface area (Å²) in [4.78, 5) is 31.2. The first-order valence-corrected chi connectivity index (χ1v) is 16.4. The second-order valence-electron chi connectivity index (χ2n) is 12.6. The van der Waals surface area contributed by atoms with Gasteiger partial charge in [0.2, 0.25) is 0 Å². The van der Waals surface area contributed by atoms with E-state index in [0.29, 0.717) is 23.7 Å². The number of nitrogens with zero attached hydrogens (tertiary/aromatic N) is 2. The Morgan fingerprint density at radius 2 is 1.50 bits per heavy atom. The van der Waals surface area contributed by atoms with E-state index in [0.717, 1.165) is 63.0 Å². The van der Waals surface area contributed by atoms with E-state index >= 15 is 0 Å². The number of amides is 2. The maximum absolute atomic E-state index is 14.0. The van der Waals surface area contributed by atoms with Gasteiger partial charge in [-0.05, 0) is 104 Å². The van der Waals surface area contributed by atoms with Crippen molar-refractivity contribution in [2.75, 3.05) is 25.0 Å². The molecule has 0 unspecified atom stereocenters. The molecule has 0 spiro atoms. The Kier molecular flexibility index (Phi) is 12.7. The van der Waals surface area contributed by atoms with E-state index in [-0.39, 0.29) is 17.5 Å². The Balaban J connectivity index is 1.43. The smallest absolute Gasteiger partial charge is 0.406 e. The standard InChI is InChI=1S/C37H46F3N3O3/c1-4-5-6-7-28-8-12-31(13-9-28)36(45)43(33-21-24-42(25-22-33)23-20-27(2)3)26-29-10-16-32(17-11-29)41-35(44)30-14-18-34(19-15-30)46-37(38,39)40/h8-19,27,33H,4-7,20-26H2,1-3H3,(H,41,44). The Morgan fingerprint density at radius 1 is 0.891 bits per heavy atom. The normalized spacial score (nSPS) is 14.3. The van der Waals surface area contributed by atoms with Crippen LogP contribution >= 0.6 is 0 Å². The van der Waals surface area contributed by atoms with Crippen LogP contribution in [0.2, 0.25) is 0 Å². The molecule has 0 aromatic heterocycles. The summed E-state index contributed by atoms with van der Waals surface area (Å²) in [7, 11) is 0. The predicted octanol–water partition coefficient (Wildman–Crippen LogP) is 8.72. The maximum Gasteiger partial charge on any atom is 0.573 e. The van der Waals surface area contributed by atoms with Crippen LogP contribution in [0.25, 0.3) is 0 Å². The molecule has 1 fully saturated rings. The van der Waals surface area contributed by atoms with E-state index in [1.54, 1.807) is 12.1 Å². The predicted molar refractivity (Wildman–Crippen MR) is 176 cm³/mol. The van der Waals surface area contributed by atoms with Crippen LogP contribution < -0.4 is 10.1 Å². The van der Waals surface area contributed by atoms with Gasteiger partial charge in [0, 0.05) is 42.5 Å². The van der Waals surface area contributed by atoms with Gasteiger partial charge in [0.25, 0.3) is 11.8 Å². The van der Waals surface area contributed by atoms with Gasteiger partial charge in [-0.25, -0.2) is 0 Å². The highest BCUT2D eigenvalue weighted by Gasteiger charge is 2.31. The Labute approximate surface area is 270 Å². The molecule has 46 heavy (non-hydrogen) atoms. The van der Waals surface area contributed by atoms with Crippen molar-refractivity contribution >= 4 is 17.5 Å². The molecular formula is C37H46F3N3O3. The molecule has 0 radical (unpaired) electrons. The topological polar surface area (TPSA) is 61.9 Å². The monoisotopic (exact) mass is 637 g/mol. The Hall–Kier alpha value is -3.85. The van der Waals surface area contributed by atoms with Gasteiger partial charge in [-0.15, -0.1) is 13.2 Å². The fraction of sp³-hybridized carbons (Fsp3) is 0.459. The summed E-state index contributed by atoms with van der Waals surface area (Å²) in [5, 5.41) is 2.78. The minimum atomic E-state index is -4.80. The average molecular weight is 638 g/mol. The van der Waals surface area contributed by atoms with Crippen molar-refractivity contribution in [1.82, 2.24) is 9.80 Å². The number of carbonyl (C=O) groups excluding carboxylic acids is 2. The number of anilines is 1. The van der Waals surface area contributed by atoms with E-state index in [4.69, 9.17) is 0 Å². The van der Waals surface area contributed by atoms with Crippen LogP contribution in [0.15, 0.2) is 72.8 Å². The van der Waals surface area contributed by atoms with E-state index in [2.05, 4.69) is 47.9 Å². The van der Waals surface area contributed by atoms with Gasteiger partial charge >= 0.3 is 6.36 Å². The first kappa shape index (κ1) is 35.0. The van der Waals surface area contributed by atoms with E-state index in [1.165, 1.54) is 37.0 Å². The summed E-state index contributed by atoms with van der Waals surface area (Å²) >= 11 is 0. The number of hydrogen-bond acceptors (Lipinski definition) is 4. The lowest BCUT2D eigenvalue weighted by atomic mass is 9.99. The van der Waals surface area contributed by atoms with Gasteiger partial charge in [0.1, 0.15) is 5.75 Å². The van der Waals surface area contributed by atoms with Gasteiger partial charge < -0.3 is 19.9 Å². The molecule has 0 aliphatic carbocycles. The molecule has 2 amide bonds. The number of carbonyl (C=O) groups is 2. The van der Waals surface area contributed by atoms with E-state index in [1.807, 2.05) is 29.2 Å². The number of halogens is 3. The molecule has 4 rings (SSSR count). The largest absolute Gasteiger partial charge is 0.573 e. The van der Waals surface area contributed by atoms with Crippen LogP contribution in [0.4, 0.5) is 18.9 Å². The van der Waals surface area contributed by atoms with Crippen LogP contribution in [-0.4, -0.2) is 53.7 Å². The third kappa shape index (κ3) is 10.9. The number of hydrogen-bond donors (Lipinski definition) is 1. The van der Waals surface area contributed by atoms with Crippen molar-refractivity contribution in [2.24, 2.45) is 5.92 Å². The summed E-state index contributed by atoms with van der Waals surface area (Å²) in [6.07, 6.45) is 2.73. The van der Waals surface area contributed by atoms with Crippen molar-refractivity contribution in [3.05, 3.63) is 95.1 Å². The minimum absolute atomic E-state index is 0.0241. The quantitative estimate of drug-likeness (QED) is 0.180. The molecule has 1 N–H and O–H groups in total. The van der Waals surface area contributed by atoms with Gasteiger partial charge in [-0.1, -0.05) is 57.9 Å². The zero-order chi connectivity index (χ0) is 33.1. The van der Waals surface area contributed by atoms with Crippen molar-refractivity contribution in [1.29, 1.82) is 0 Å². The summed E-state index contributed by atoms with van der Waals surface area (Å²) in [6, 6.07) is 20.3. The Bertz CT molecular complexity index is 1380. The van der Waals surface area contributed by atoms with Gasteiger partial charge in [-0.2, -0.15) is 0 Å². The first-order chi connectivity index (χ1) is 22.0. The fourth-order valence-corrected chi connectivity index (χ4v) is 5.72. The number of aryl methyl sites for hydroxylation is 1. The molecule has 6 nitrogen and oxygen atoms in total. The number of alkyl halides is 3. The number of unbranched alkanes of at least 4 members (excludes halogenated alkanes) is 2. The zero-order valence-corrected chi connectivity index (χ0v) is 27.1. The molecule has 0 bridgehead atoms. The number of rotatable bonds is 14. The number of ether oxygens (including phenoxy) is 1. The summed E-state index contributed by atoms with van der Waals surface area (Å²) in [6.45, 7) is 10.1. The second kappa shape index (κ2) is 16.6. The number of nitrogens with one attached hydrogen (secondary N) is 1. The van der Waals surface area contributed by atoms with Crippen LogP contribution in [0.5, 0.6) is 5.75 Å². The lowest BCUT2D eigenvalue weighted by Crippen LogP contribution is -2.47. The maximum atomic E-state index is 14.0. The van der Waals surface area contributed by atoms with Crippen molar-refractivity contribution in [2.45, 2.75) is 84.7 Å². The Morgan fingerprint density at radius 3 is 2.09 bits per heavy atom. The molecule has 1 heterocycles. The van der Waals surface area contributed by atoms with Crippen LogP contribution in [-0.2, 0) is 13.0 Å².